The third-order valence-corrected chi connectivity index (χ3v) is 3.93. The molecule has 0 saturated carbocycles. The summed E-state index contributed by atoms with van der Waals surface area (Å²) in [6.07, 6.45) is -1.72. The van der Waals surface area contributed by atoms with E-state index in [1.54, 1.807) is 0 Å². The SMILES string of the molecule is NCC1CCCc2scc(C(F)(F)F)c21. The van der Waals surface area contributed by atoms with Crippen molar-refractivity contribution in [3.8, 4) is 0 Å². The largest absolute Gasteiger partial charge is 0.417 e. The first-order chi connectivity index (χ1) is 7.04. The fourth-order valence-corrected chi connectivity index (χ4v) is 3.34. The van der Waals surface area contributed by atoms with Gasteiger partial charge in [-0.15, -0.1) is 11.3 Å². The summed E-state index contributed by atoms with van der Waals surface area (Å²) < 4.78 is 38.1. The van der Waals surface area contributed by atoms with Gasteiger partial charge < -0.3 is 5.73 Å². The van der Waals surface area contributed by atoms with Crippen molar-refractivity contribution in [2.75, 3.05) is 6.54 Å². The molecule has 1 aromatic heterocycles. The van der Waals surface area contributed by atoms with Gasteiger partial charge in [0.05, 0.1) is 5.56 Å². The van der Waals surface area contributed by atoms with Crippen molar-refractivity contribution in [2.24, 2.45) is 5.73 Å². The molecule has 84 valence electrons. The molecule has 1 nitrogen and oxygen atoms in total. The van der Waals surface area contributed by atoms with E-state index in [1.807, 2.05) is 0 Å². The van der Waals surface area contributed by atoms with Gasteiger partial charge >= 0.3 is 6.18 Å². The molecule has 1 aromatic rings. The van der Waals surface area contributed by atoms with E-state index in [4.69, 9.17) is 5.73 Å². The Hall–Kier alpha value is -0.550. The number of hydrogen-bond acceptors (Lipinski definition) is 2. The minimum Gasteiger partial charge on any atom is -0.330 e. The van der Waals surface area contributed by atoms with Gasteiger partial charge in [0.25, 0.3) is 0 Å². The Morgan fingerprint density at radius 2 is 2.20 bits per heavy atom. The fraction of sp³-hybridized carbons (Fsp3) is 0.600. The summed E-state index contributed by atoms with van der Waals surface area (Å²) in [4.78, 5) is 0.879. The van der Waals surface area contributed by atoms with Crippen molar-refractivity contribution in [1.82, 2.24) is 0 Å². The van der Waals surface area contributed by atoms with Gasteiger partial charge in [0.2, 0.25) is 0 Å². The average Bonchev–Trinajstić information content (AvgIpc) is 2.59. The van der Waals surface area contributed by atoms with Crippen LogP contribution in [0.3, 0.4) is 0 Å². The highest BCUT2D eigenvalue weighted by atomic mass is 32.1. The predicted molar refractivity (Wildman–Crippen MR) is 54.1 cm³/mol. The van der Waals surface area contributed by atoms with Gasteiger partial charge in [0.15, 0.2) is 0 Å². The number of aryl methyl sites for hydroxylation is 1. The van der Waals surface area contributed by atoms with Crippen molar-refractivity contribution >= 4 is 11.3 Å². The maximum absolute atomic E-state index is 12.7. The third kappa shape index (κ3) is 1.90. The minimum atomic E-state index is -4.23. The van der Waals surface area contributed by atoms with E-state index in [-0.39, 0.29) is 5.92 Å². The van der Waals surface area contributed by atoms with Gasteiger partial charge in [0, 0.05) is 10.3 Å². The molecule has 0 aliphatic heterocycles. The Balaban J connectivity index is 2.47. The van der Waals surface area contributed by atoms with Gasteiger partial charge in [-0.05, 0) is 37.3 Å². The molecule has 1 unspecified atom stereocenters. The van der Waals surface area contributed by atoms with Gasteiger partial charge in [-0.1, -0.05) is 0 Å². The number of halogens is 3. The molecule has 0 radical (unpaired) electrons. The highest BCUT2D eigenvalue weighted by Crippen LogP contribution is 2.44. The minimum absolute atomic E-state index is 0.100. The lowest BCUT2D eigenvalue weighted by Crippen LogP contribution is -2.20. The van der Waals surface area contributed by atoms with E-state index in [9.17, 15) is 13.2 Å². The lowest BCUT2D eigenvalue weighted by atomic mass is 9.85. The van der Waals surface area contributed by atoms with Crippen molar-refractivity contribution in [2.45, 2.75) is 31.4 Å². The molecular formula is C10H12F3NS. The van der Waals surface area contributed by atoms with E-state index < -0.39 is 11.7 Å². The van der Waals surface area contributed by atoms with E-state index in [0.29, 0.717) is 12.1 Å². The van der Waals surface area contributed by atoms with Crippen molar-refractivity contribution in [3.63, 3.8) is 0 Å². The van der Waals surface area contributed by atoms with Gasteiger partial charge in [-0.2, -0.15) is 13.2 Å². The summed E-state index contributed by atoms with van der Waals surface area (Å²) in [6, 6.07) is 0. The molecular weight excluding hydrogens is 223 g/mol. The zero-order chi connectivity index (χ0) is 11.1. The van der Waals surface area contributed by atoms with Crippen molar-refractivity contribution in [1.29, 1.82) is 0 Å². The molecule has 5 heteroatoms. The zero-order valence-electron chi connectivity index (χ0n) is 8.10. The molecule has 2 N–H and O–H groups in total. The maximum Gasteiger partial charge on any atom is 0.417 e. The molecule has 2 rings (SSSR count). The van der Waals surface area contributed by atoms with Crippen molar-refractivity contribution in [3.05, 3.63) is 21.4 Å². The van der Waals surface area contributed by atoms with E-state index in [1.165, 1.54) is 16.7 Å². The van der Waals surface area contributed by atoms with Gasteiger partial charge in [-0.3, -0.25) is 0 Å². The molecule has 1 aliphatic carbocycles. The lowest BCUT2D eigenvalue weighted by Gasteiger charge is -2.23. The zero-order valence-corrected chi connectivity index (χ0v) is 8.92. The molecule has 0 spiro atoms. The number of alkyl halides is 3. The van der Waals surface area contributed by atoms with Crippen molar-refractivity contribution < 1.29 is 13.2 Å². The summed E-state index contributed by atoms with van der Waals surface area (Å²) in [5, 5.41) is 1.23. The Kier molecular flexibility index (Phi) is 2.77. The number of fused-ring (bicyclic) bond motifs is 1. The molecule has 0 amide bonds. The second-order valence-electron chi connectivity index (χ2n) is 3.81. The van der Waals surface area contributed by atoms with Crippen LogP contribution in [0.25, 0.3) is 0 Å². The van der Waals surface area contributed by atoms with Crippen LogP contribution in [0.5, 0.6) is 0 Å². The topological polar surface area (TPSA) is 26.0 Å². The van der Waals surface area contributed by atoms with Crippen LogP contribution in [0.1, 0.15) is 34.8 Å². The first kappa shape index (κ1) is 11.0. The Morgan fingerprint density at radius 3 is 2.80 bits per heavy atom. The standard InChI is InChI=1S/C10H12F3NS/c11-10(12,13)7-5-15-8-3-1-2-6(4-14)9(7)8/h5-6H,1-4,14H2. The number of hydrogen-bond donors (Lipinski definition) is 1. The summed E-state index contributed by atoms with van der Waals surface area (Å²) in [5.41, 5.74) is 5.54. The smallest absolute Gasteiger partial charge is 0.330 e. The van der Waals surface area contributed by atoms with Crippen LogP contribution in [0.15, 0.2) is 5.38 Å². The van der Waals surface area contributed by atoms with Gasteiger partial charge in [-0.25, -0.2) is 0 Å². The van der Waals surface area contributed by atoms with Gasteiger partial charge in [0.1, 0.15) is 0 Å². The van der Waals surface area contributed by atoms with Crippen LogP contribution in [-0.2, 0) is 12.6 Å². The lowest BCUT2D eigenvalue weighted by molar-refractivity contribution is -0.138. The molecule has 1 heterocycles. The van der Waals surface area contributed by atoms with Crippen LogP contribution in [0.2, 0.25) is 0 Å². The fourth-order valence-electron chi connectivity index (χ4n) is 2.16. The summed E-state index contributed by atoms with van der Waals surface area (Å²) >= 11 is 1.22. The normalized spacial score (nSPS) is 21.5. The van der Waals surface area contributed by atoms with Crippen LogP contribution in [0, 0.1) is 0 Å². The molecule has 0 fully saturated rings. The molecule has 1 atom stereocenters. The van der Waals surface area contributed by atoms with Crippen LogP contribution >= 0.6 is 11.3 Å². The predicted octanol–water partition coefficient (Wildman–Crippen LogP) is 3.15. The molecule has 0 saturated heterocycles. The Morgan fingerprint density at radius 1 is 1.47 bits per heavy atom. The van der Waals surface area contributed by atoms with E-state index >= 15 is 0 Å². The van der Waals surface area contributed by atoms with E-state index in [2.05, 4.69) is 0 Å². The summed E-state index contributed by atoms with van der Waals surface area (Å²) in [5.74, 6) is -0.100. The summed E-state index contributed by atoms with van der Waals surface area (Å²) in [6.45, 7) is 0.312. The average molecular weight is 235 g/mol. The van der Waals surface area contributed by atoms with Crippen LogP contribution in [0.4, 0.5) is 13.2 Å². The Bertz CT molecular complexity index is 356. The molecule has 1 aliphatic rings. The number of rotatable bonds is 1. The highest BCUT2D eigenvalue weighted by Gasteiger charge is 2.38. The summed E-state index contributed by atoms with van der Waals surface area (Å²) in [7, 11) is 0. The molecule has 15 heavy (non-hydrogen) atoms. The molecule has 0 aromatic carbocycles. The first-order valence-corrected chi connectivity index (χ1v) is 5.79. The molecule has 0 bridgehead atoms. The first-order valence-electron chi connectivity index (χ1n) is 4.91. The third-order valence-electron chi connectivity index (χ3n) is 2.86. The quantitative estimate of drug-likeness (QED) is 0.795. The number of nitrogens with two attached hydrogens (primary N) is 1. The maximum atomic E-state index is 12.7. The van der Waals surface area contributed by atoms with E-state index in [0.717, 1.165) is 24.1 Å². The Labute approximate surface area is 90.1 Å². The highest BCUT2D eigenvalue weighted by molar-refractivity contribution is 7.10. The van der Waals surface area contributed by atoms with Crippen LogP contribution in [-0.4, -0.2) is 6.54 Å². The number of thiophene rings is 1. The van der Waals surface area contributed by atoms with Crippen LogP contribution < -0.4 is 5.73 Å². The second kappa shape index (κ2) is 3.79. The second-order valence-corrected chi connectivity index (χ2v) is 4.77. The monoisotopic (exact) mass is 235 g/mol.